The summed E-state index contributed by atoms with van der Waals surface area (Å²) in [6.07, 6.45) is 3.29. The molecule has 14 heavy (non-hydrogen) atoms. The molecule has 0 aliphatic carbocycles. The predicted octanol–water partition coefficient (Wildman–Crippen LogP) is 2.36. The van der Waals surface area contributed by atoms with Crippen LogP contribution in [-0.2, 0) is 4.84 Å². The maximum Gasteiger partial charge on any atom is 0.156 e. The molecule has 4 heteroatoms. The normalized spacial score (nSPS) is 33.6. The first kappa shape index (κ1) is 10.4. The van der Waals surface area contributed by atoms with E-state index < -0.39 is 0 Å². The summed E-state index contributed by atoms with van der Waals surface area (Å²) in [4.78, 5) is 8.05. The number of hydrogen-bond donors (Lipinski definition) is 0. The van der Waals surface area contributed by atoms with Crippen LogP contribution in [0, 0.1) is 0 Å². The molecule has 0 bridgehead atoms. The second-order valence-electron chi connectivity index (χ2n) is 4.59. The van der Waals surface area contributed by atoms with Crippen LogP contribution in [0.1, 0.15) is 33.1 Å². The van der Waals surface area contributed by atoms with Crippen molar-refractivity contribution in [2.45, 2.75) is 44.8 Å². The fourth-order valence-electron chi connectivity index (χ4n) is 2.27. The maximum atomic E-state index is 5.57. The van der Waals surface area contributed by atoms with Crippen molar-refractivity contribution in [2.24, 2.45) is 5.16 Å². The Morgan fingerprint density at radius 2 is 2.36 bits per heavy atom. The zero-order valence-corrected chi connectivity index (χ0v) is 10.4. The standard InChI is InChI=1S/C10H17BrN2O/c1-8(2)13-5-3-4-10(7-13)6-9(11)12-14-10/h8H,3-7H2,1-2H3. The molecule has 0 radical (unpaired) electrons. The summed E-state index contributed by atoms with van der Waals surface area (Å²) < 4.78 is 0.961. The molecular weight excluding hydrogens is 244 g/mol. The fourth-order valence-corrected chi connectivity index (χ4v) is 2.85. The highest BCUT2D eigenvalue weighted by Crippen LogP contribution is 2.35. The average molecular weight is 261 g/mol. The second kappa shape index (κ2) is 3.81. The van der Waals surface area contributed by atoms with E-state index in [9.17, 15) is 0 Å². The van der Waals surface area contributed by atoms with Gasteiger partial charge in [-0.05, 0) is 49.2 Å². The number of rotatable bonds is 1. The van der Waals surface area contributed by atoms with Gasteiger partial charge in [0.15, 0.2) is 5.60 Å². The number of nitrogens with zero attached hydrogens (tertiary/aromatic N) is 2. The van der Waals surface area contributed by atoms with Gasteiger partial charge in [-0.1, -0.05) is 5.16 Å². The van der Waals surface area contributed by atoms with Crippen molar-refractivity contribution in [1.29, 1.82) is 0 Å². The van der Waals surface area contributed by atoms with Gasteiger partial charge in [0.1, 0.15) is 4.62 Å². The highest BCUT2D eigenvalue weighted by molar-refractivity contribution is 9.18. The van der Waals surface area contributed by atoms with E-state index in [0.717, 1.165) is 24.0 Å². The number of hydrogen-bond acceptors (Lipinski definition) is 3. The molecular formula is C10H17BrN2O. The van der Waals surface area contributed by atoms with Crippen LogP contribution in [0.15, 0.2) is 5.16 Å². The zero-order valence-electron chi connectivity index (χ0n) is 8.79. The van der Waals surface area contributed by atoms with Gasteiger partial charge in [-0.15, -0.1) is 0 Å². The second-order valence-corrected chi connectivity index (χ2v) is 5.50. The third-order valence-electron chi connectivity index (χ3n) is 3.11. The van der Waals surface area contributed by atoms with E-state index in [1.807, 2.05) is 0 Å². The summed E-state index contributed by atoms with van der Waals surface area (Å²) in [6.45, 7) is 6.69. The first-order valence-corrected chi connectivity index (χ1v) is 6.05. The number of halogens is 1. The number of piperidine rings is 1. The Labute approximate surface area is 93.6 Å². The van der Waals surface area contributed by atoms with Crippen LogP contribution >= 0.6 is 15.9 Å². The lowest BCUT2D eigenvalue weighted by molar-refractivity contribution is -0.0748. The first-order chi connectivity index (χ1) is 6.61. The van der Waals surface area contributed by atoms with E-state index >= 15 is 0 Å². The average Bonchev–Trinajstić information content (AvgIpc) is 2.47. The van der Waals surface area contributed by atoms with Crippen molar-refractivity contribution in [2.75, 3.05) is 13.1 Å². The molecule has 3 nitrogen and oxygen atoms in total. The lowest BCUT2D eigenvalue weighted by atomic mass is 9.90. The van der Waals surface area contributed by atoms with Crippen molar-refractivity contribution in [3.63, 3.8) is 0 Å². The highest BCUT2D eigenvalue weighted by atomic mass is 79.9. The van der Waals surface area contributed by atoms with E-state index in [1.54, 1.807) is 0 Å². The fraction of sp³-hybridized carbons (Fsp3) is 0.900. The molecule has 0 amide bonds. The van der Waals surface area contributed by atoms with Gasteiger partial charge in [0, 0.05) is 19.0 Å². The lowest BCUT2D eigenvalue weighted by Gasteiger charge is -2.40. The van der Waals surface area contributed by atoms with Gasteiger partial charge in [0.25, 0.3) is 0 Å². The van der Waals surface area contributed by atoms with Crippen LogP contribution in [-0.4, -0.2) is 34.3 Å². The Morgan fingerprint density at radius 1 is 1.57 bits per heavy atom. The van der Waals surface area contributed by atoms with Gasteiger partial charge in [0.2, 0.25) is 0 Å². The summed E-state index contributed by atoms with van der Waals surface area (Å²) in [5, 5.41) is 4.01. The minimum atomic E-state index is -0.0264. The van der Waals surface area contributed by atoms with Crippen molar-refractivity contribution in [1.82, 2.24) is 4.90 Å². The largest absolute Gasteiger partial charge is 0.387 e. The molecule has 0 saturated carbocycles. The van der Waals surface area contributed by atoms with Gasteiger partial charge in [-0.3, -0.25) is 4.90 Å². The SMILES string of the molecule is CC(C)N1CCCC2(CC(Br)=NO2)C1. The molecule has 2 aliphatic heterocycles. The molecule has 0 aromatic heterocycles. The summed E-state index contributed by atoms with van der Waals surface area (Å²) in [7, 11) is 0. The third-order valence-corrected chi connectivity index (χ3v) is 3.53. The van der Waals surface area contributed by atoms with Gasteiger partial charge in [0.05, 0.1) is 0 Å². The summed E-state index contributed by atoms with van der Waals surface area (Å²) in [5.41, 5.74) is -0.0264. The third kappa shape index (κ3) is 1.96. The molecule has 1 atom stereocenters. The summed E-state index contributed by atoms with van der Waals surface area (Å²) in [5.74, 6) is 0. The van der Waals surface area contributed by atoms with Crippen LogP contribution in [0.5, 0.6) is 0 Å². The Morgan fingerprint density at radius 3 is 2.93 bits per heavy atom. The molecule has 0 N–H and O–H groups in total. The monoisotopic (exact) mass is 260 g/mol. The van der Waals surface area contributed by atoms with Crippen molar-refractivity contribution in [3.05, 3.63) is 0 Å². The van der Waals surface area contributed by atoms with E-state index in [4.69, 9.17) is 4.84 Å². The van der Waals surface area contributed by atoms with Gasteiger partial charge in [-0.25, -0.2) is 0 Å². The quantitative estimate of drug-likeness (QED) is 0.723. The van der Waals surface area contributed by atoms with Crippen LogP contribution in [0.2, 0.25) is 0 Å². The van der Waals surface area contributed by atoms with E-state index in [2.05, 4.69) is 39.8 Å². The molecule has 2 rings (SSSR count). The topological polar surface area (TPSA) is 24.8 Å². The maximum absolute atomic E-state index is 5.57. The molecule has 0 aromatic rings. The van der Waals surface area contributed by atoms with Crippen LogP contribution < -0.4 is 0 Å². The Bertz CT molecular complexity index is 255. The van der Waals surface area contributed by atoms with Crippen molar-refractivity contribution in [3.8, 4) is 0 Å². The zero-order chi connectivity index (χ0) is 10.2. The molecule has 1 saturated heterocycles. The molecule has 2 aliphatic rings. The molecule has 0 aromatic carbocycles. The van der Waals surface area contributed by atoms with E-state index in [0.29, 0.717) is 6.04 Å². The first-order valence-electron chi connectivity index (χ1n) is 5.26. The number of oxime groups is 1. The van der Waals surface area contributed by atoms with Crippen molar-refractivity contribution >= 4 is 20.6 Å². The Kier molecular flexibility index (Phi) is 2.84. The van der Waals surface area contributed by atoms with E-state index in [1.165, 1.54) is 13.0 Å². The summed E-state index contributed by atoms with van der Waals surface area (Å²) >= 11 is 3.41. The Hall–Kier alpha value is -0.0900. The Balaban J connectivity index is 2.01. The molecule has 1 unspecified atom stereocenters. The van der Waals surface area contributed by atoms with Crippen molar-refractivity contribution < 1.29 is 4.84 Å². The van der Waals surface area contributed by atoms with Crippen LogP contribution in [0.25, 0.3) is 0 Å². The minimum absolute atomic E-state index is 0.0264. The smallest absolute Gasteiger partial charge is 0.156 e. The van der Waals surface area contributed by atoms with Crippen LogP contribution in [0.4, 0.5) is 0 Å². The highest BCUT2D eigenvalue weighted by Gasteiger charge is 2.42. The van der Waals surface area contributed by atoms with Gasteiger partial charge < -0.3 is 4.84 Å². The molecule has 1 spiro atoms. The van der Waals surface area contributed by atoms with Gasteiger partial charge in [-0.2, -0.15) is 0 Å². The van der Waals surface area contributed by atoms with Gasteiger partial charge >= 0.3 is 0 Å². The predicted molar refractivity (Wildman–Crippen MR) is 60.7 cm³/mol. The molecule has 80 valence electrons. The molecule has 1 fully saturated rings. The number of likely N-dealkylation sites (tertiary alicyclic amines) is 1. The minimum Gasteiger partial charge on any atom is -0.387 e. The van der Waals surface area contributed by atoms with E-state index in [-0.39, 0.29) is 5.60 Å². The molecule has 2 heterocycles. The van der Waals surface area contributed by atoms with Crippen LogP contribution in [0.3, 0.4) is 0 Å². The lowest BCUT2D eigenvalue weighted by Crippen LogP contribution is -2.50. The summed E-state index contributed by atoms with van der Waals surface area (Å²) in [6, 6.07) is 0.607.